The largest absolute Gasteiger partial charge is 0.375 e. The predicted molar refractivity (Wildman–Crippen MR) is 118 cm³/mol. The standard InChI is InChI=1S/C20H26N4O2.HI/c1-21-20(24-10-12-26-18(14-24)17-8-4-11-25-17)23-13-16-6-2-5-15-7-3-9-22-19(15)16;/h2-3,5-7,9,17-18H,4,8,10-14H2,1H3,(H,21,23);1H. The lowest BCUT2D eigenvalue weighted by Gasteiger charge is -2.37. The van der Waals surface area contributed by atoms with Crippen molar-refractivity contribution in [3.05, 3.63) is 42.1 Å². The number of aliphatic imine (C=N–C) groups is 1. The molecule has 1 N–H and O–H groups in total. The molecule has 3 heterocycles. The van der Waals surface area contributed by atoms with Crippen LogP contribution in [0.2, 0.25) is 0 Å². The minimum Gasteiger partial charge on any atom is -0.375 e. The lowest BCUT2D eigenvalue weighted by molar-refractivity contribution is -0.0817. The second kappa shape index (κ2) is 9.66. The molecule has 1 aromatic carbocycles. The number of guanidine groups is 1. The van der Waals surface area contributed by atoms with Crippen molar-refractivity contribution < 1.29 is 9.47 Å². The second-order valence-electron chi connectivity index (χ2n) is 6.80. The second-order valence-corrected chi connectivity index (χ2v) is 6.80. The number of nitrogens with one attached hydrogen (secondary N) is 1. The first-order valence-electron chi connectivity index (χ1n) is 9.36. The molecule has 0 amide bonds. The van der Waals surface area contributed by atoms with E-state index in [2.05, 4.69) is 44.5 Å². The van der Waals surface area contributed by atoms with Crippen molar-refractivity contribution in [1.29, 1.82) is 0 Å². The minimum atomic E-state index is 0. The fourth-order valence-corrected chi connectivity index (χ4v) is 3.81. The monoisotopic (exact) mass is 482 g/mol. The topological polar surface area (TPSA) is 59.0 Å². The number of para-hydroxylation sites is 1. The summed E-state index contributed by atoms with van der Waals surface area (Å²) in [7, 11) is 1.83. The van der Waals surface area contributed by atoms with Gasteiger partial charge in [-0.15, -0.1) is 24.0 Å². The number of pyridine rings is 1. The zero-order valence-corrected chi connectivity index (χ0v) is 18.0. The number of nitrogens with zero attached hydrogens (tertiary/aromatic N) is 3. The van der Waals surface area contributed by atoms with Crippen LogP contribution in [0.1, 0.15) is 18.4 Å². The molecule has 2 saturated heterocycles. The number of fused-ring (bicyclic) bond motifs is 1. The van der Waals surface area contributed by atoms with Crippen LogP contribution in [0.25, 0.3) is 10.9 Å². The SMILES string of the molecule is CN=C(NCc1cccc2cccnc12)N1CCOC(C2CCCO2)C1.I. The number of morpholine rings is 1. The van der Waals surface area contributed by atoms with Gasteiger partial charge in [-0.25, -0.2) is 0 Å². The van der Waals surface area contributed by atoms with Crippen LogP contribution in [0, 0.1) is 0 Å². The number of hydrogen-bond donors (Lipinski definition) is 1. The average molecular weight is 482 g/mol. The number of halogens is 1. The van der Waals surface area contributed by atoms with E-state index in [1.807, 2.05) is 19.3 Å². The first-order chi connectivity index (χ1) is 12.8. The van der Waals surface area contributed by atoms with Gasteiger partial charge >= 0.3 is 0 Å². The molecule has 0 radical (unpaired) electrons. The Kier molecular flexibility index (Phi) is 7.26. The molecule has 2 unspecified atom stereocenters. The maximum atomic E-state index is 5.95. The van der Waals surface area contributed by atoms with Gasteiger partial charge in [-0.1, -0.05) is 24.3 Å². The summed E-state index contributed by atoms with van der Waals surface area (Å²) in [6.45, 7) is 3.92. The highest BCUT2D eigenvalue weighted by atomic mass is 127. The molecule has 2 aromatic rings. The van der Waals surface area contributed by atoms with Crippen LogP contribution in [0.3, 0.4) is 0 Å². The van der Waals surface area contributed by atoms with Crippen LogP contribution in [0.4, 0.5) is 0 Å². The Bertz CT molecular complexity index is 774. The molecule has 0 bridgehead atoms. The number of hydrogen-bond acceptors (Lipinski definition) is 4. The molecular formula is C20H27IN4O2. The molecular weight excluding hydrogens is 455 g/mol. The molecule has 2 aliphatic rings. The van der Waals surface area contributed by atoms with E-state index in [9.17, 15) is 0 Å². The molecule has 27 heavy (non-hydrogen) atoms. The first kappa shape index (κ1) is 20.3. The average Bonchev–Trinajstić information content (AvgIpc) is 3.24. The summed E-state index contributed by atoms with van der Waals surface area (Å²) in [5.74, 6) is 0.907. The Morgan fingerprint density at radius 2 is 2.07 bits per heavy atom. The Balaban J connectivity index is 0.00000210. The number of ether oxygens (including phenoxy) is 2. The molecule has 0 aliphatic carbocycles. The van der Waals surface area contributed by atoms with Crippen LogP contribution >= 0.6 is 24.0 Å². The summed E-state index contributed by atoms with van der Waals surface area (Å²) in [5, 5.41) is 4.66. The van der Waals surface area contributed by atoms with E-state index in [0.717, 1.165) is 49.4 Å². The smallest absolute Gasteiger partial charge is 0.194 e. The molecule has 1 aromatic heterocycles. The van der Waals surface area contributed by atoms with Gasteiger partial charge in [0, 0.05) is 44.9 Å². The van der Waals surface area contributed by atoms with E-state index < -0.39 is 0 Å². The fraction of sp³-hybridized carbons (Fsp3) is 0.500. The Labute approximate surface area is 177 Å². The normalized spacial score (nSPS) is 23.3. The molecule has 4 rings (SSSR count). The maximum Gasteiger partial charge on any atom is 0.194 e. The van der Waals surface area contributed by atoms with Crippen molar-refractivity contribution in [3.8, 4) is 0 Å². The van der Waals surface area contributed by atoms with E-state index >= 15 is 0 Å². The highest BCUT2D eigenvalue weighted by Crippen LogP contribution is 2.21. The third-order valence-electron chi connectivity index (χ3n) is 5.14. The molecule has 0 saturated carbocycles. The van der Waals surface area contributed by atoms with E-state index in [1.54, 1.807) is 0 Å². The van der Waals surface area contributed by atoms with Crippen molar-refractivity contribution in [3.63, 3.8) is 0 Å². The lowest BCUT2D eigenvalue weighted by atomic mass is 10.1. The van der Waals surface area contributed by atoms with Crippen LogP contribution in [-0.4, -0.2) is 61.4 Å². The highest BCUT2D eigenvalue weighted by Gasteiger charge is 2.32. The van der Waals surface area contributed by atoms with Crippen LogP contribution in [0.5, 0.6) is 0 Å². The number of benzene rings is 1. The van der Waals surface area contributed by atoms with Gasteiger partial charge in [0.15, 0.2) is 5.96 Å². The van der Waals surface area contributed by atoms with Crippen molar-refractivity contribution in [2.75, 3.05) is 33.4 Å². The molecule has 2 atom stereocenters. The maximum absolute atomic E-state index is 5.95. The summed E-state index contributed by atoms with van der Waals surface area (Å²) < 4.78 is 11.8. The van der Waals surface area contributed by atoms with Gasteiger partial charge in [-0.05, 0) is 24.5 Å². The van der Waals surface area contributed by atoms with Gasteiger partial charge in [0.25, 0.3) is 0 Å². The Hall–Kier alpha value is -1.45. The quantitative estimate of drug-likeness (QED) is 0.415. The van der Waals surface area contributed by atoms with Crippen molar-refractivity contribution in [2.45, 2.75) is 31.6 Å². The summed E-state index contributed by atoms with van der Waals surface area (Å²) >= 11 is 0. The third-order valence-corrected chi connectivity index (χ3v) is 5.14. The van der Waals surface area contributed by atoms with Crippen LogP contribution in [0.15, 0.2) is 41.5 Å². The van der Waals surface area contributed by atoms with Crippen molar-refractivity contribution in [1.82, 2.24) is 15.2 Å². The highest BCUT2D eigenvalue weighted by molar-refractivity contribution is 14.0. The Morgan fingerprint density at radius 1 is 1.22 bits per heavy atom. The Morgan fingerprint density at radius 3 is 2.89 bits per heavy atom. The minimum absolute atomic E-state index is 0. The van der Waals surface area contributed by atoms with E-state index in [0.29, 0.717) is 13.2 Å². The molecule has 2 fully saturated rings. The third kappa shape index (κ3) is 4.70. The molecule has 7 heteroatoms. The van der Waals surface area contributed by atoms with E-state index in [-0.39, 0.29) is 36.2 Å². The predicted octanol–water partition coefficient (Wildman–Crippen LogP) is 2.81. The number of rotatable bonds is 3. The van der Waals surface area contributed by atoms with Crippen molar-refractivity contribution >= 4 is 40.8 Å². The lowest BCUT2D eigenvalue weighted by Crippen LogP contribution is -2.53. The zero-order valence-electron chi connectivity index (χ0n) is 15.6. The molecule has 146 valence electrons. The molecule has 0 spiro atoms. The van der Waals surface area contributed by atoms with E-state index in [1.165, 1.54) is 5.56 Å². The van der Waals surface area contributed by atoms with Gasteiger partial charge in [-0.2, -0.15) is 0 Å². The van der Waals surface area contributed by atoms with Crippen molar-refractivity contribution in [2.24, 2.45) is 4.99 Å². The van der Waals surface area contributed by atoms with Gasteiger partial charge < -0.3 is 19.7 Å². The summed E-state index contributed by atoms with van der Waals surface area (Å²) in [5.41, 5.74) is 2.21. The van der Waals surface area contributed by atoms with Crippen LogP contribution in [-0.2, 0) is 16.0 Å². The summed E-state index contributed by atoms with van der Waals surface area (Å²) in [4.78, 5) is 11.3. The first-order valence-corrected chi connectivity index (χ1v) is 9.36. The summed E-state index contributed by atoms with van der Waals surface area (Å²) in [6, 6.07) is 10.3. The van der Waals surface area contributed by atoms with Gasteiger partial charge in [-0.3, -0.25) is 9.98 Å². The van der Waals surface area contributed by atoms with E-state index in [4.69, 9.17) is 9.47 Å². The molecule has 6 nitrogen and oxygen atoms in total. The van der Waals surface area contributed by atoms with Gasteiger partial charge in [0.1, 0.15) is 6.10 Å². The number of aromatic nitrogens is 1. The molecule has 2 aliphatic heterocycles. The fourth-order valence-electron chi connectivity index (χ4n) is 3.81. The van der Waals surface area contributed by atoms with Crippen LogP contribution < -0.4 is 5.32 Å². The van der Waals surface area contributed by atoms with Gasteiger partial charge in [0.2, 0.25) is 0 Å². The zero-order chi connectivity index (χ0) is 17.8. The van der Waals surface area contributed by atoms with Gasteiger partial charge in [0.05, 0.1) is 18.2 Å². The summed E-state index contributed by atoms with van der Waals surface area (Å²) in [6.07, 6.45) is 4.41.